The number of hydrogen-bond acceptors (Lipinski definition) is 4. The minimum Gasteiger partial charge on any atom is -0.274 e. The number of anilines is 1. The van der Waals surface area contributed by atoms with E-state index in [1.54, 1.807) is 18.5 Å². The summed E-state index contributed by atoms with van der Waals surface area (Å²) in [5.41, 5.74) is 1.43. The van der Waals surface area contributed by atoms with E-state index in [2.05, 4.69) is 23.0 Å². The molecule has 3 rings (SSSR count). The lowest BCUT2D eigenvalue weighted by molar-refractivity contribution is -0.122. The van der Waals surface area contributed by atoms with Crippen molar-refractivity contribution in [3.05, 3.63) is 30.1 Å². The highest BCUT2D eigenvalue weighted by atomic mass is 16.2. The Kier molecular flexibility index (Phi) is 3.82. The van der Waals surface area contributed by atoms with E-state index in [9.17, 15) is 9.59 Å². The second kappa shape index (κ2) is 5.76. The average molecular weight is 285 g/mol. The Morgan fingerprint density at radius 2 is 2.05 bits per heavy atom. The molecule has 0 radical (unpaired) electrons. The lowest BCUT2D eigenvalue weighted by Gasteiger charge is -2.22. The monoisotopic (exact) mass is 285 g/mol. The van der Waals surface area contributed by atoms with Gasteiger partial charge in [0.25, 0.3) is 0 Å². The van der Waals surface area contributed by atoms with Crippen molar-refractivity contribution in [1.29, 1.82) is 0 Å². The summed E-state index contributed by atoms with van der Waals surface area (Å²) in [5, 5.41) is 0. The third-order valence-electron chi connectivity index (χ3n) is 4.36. The Balaban J connectivity index is 1.69. The highest BCUT2D eigenvalue weighted by Crippen LogP contribution is 2.33. The number of carbonyl (C=O) groups is 2. The molecule has 5 heteroatoms. The van der Waals surface area contributed by atoms with Crippen LogP contribution >= 0.6 is 0 Å². The predicted molar refractivity (Wildman–Crippen MR) is 78.3 cm³/mol. The molecule has 2 atom stereocenters. The number of allylic oxidation sites excluding steroid dienone is 2. The smallest absolute Gasteiger partial charge is 0.239 e. The molecule has 2 heterocycles. The summed E-state index contributed by atoms with van der Waals surface area (Å²) >= 11 is 0. The van der Waals surface area contributed by atoms with E-state index < -0.39 is 0 Å². The van der Waals surface area contributed by atoms with Crippen molar-refractivity contribution in [2.45, 2.75) is 39.0 Å². The minimum atomic E-state index is -0.210. The van der Waals surface area contributed by atoms with E-state index in [1.807, 2.05) is 0 Å². The largest absolute Gasteiger partial charge is 0.274 e. The van der Waals surface area contributed by atoms with E-state index in [0.29, 0.717) is 5.92 Å². The Labute approximate surface area is 124 Å². The van der Waals surface area contributed by atoms with Crippen molar-refractivity contribution in [2.75, 3.05) is 4.90 Å². The summed E-state index contributed by atoms with van der Waals surface area (Å²) in [7, 11) is 0. The third-order valence-corrected chi connectivity index (χ3v) is 4.36. The maximum Gasteiger partial charge on any atom is 0.239 e. The van der Waals surface area contributed by atoms with Crippen molar-refractivity contribution >= 4 is 17.8 Å². The first-order chi connectivity index (χ1) is 10.1. The molecular weight excluding hydrogens is 266 g/mol. The van der Waals surface area contributed by atoms with Crippen LogP contribution in [0.4, 0.5) is 5.95 Å². The number of amides is 2. The molecule has 0 aromatic carbocycles. The molecule has 1 fully saturated rings. The lowest BCUT2D eigenvalue weighted by Crippen LogP contribution is -2.32. The van der Waals surface area contributed by atoms with Gasteiger partial charge in [-0.25, -0.2) is 14.9 Å². The van der Waals surface area contributed by atoms with Crippen LogP contribution in [0.15, 0.2) is 30.1 Å². The second-order valence-corrected chi connectivity index (χ2v) is 5.94. The highest BCUT2D eigenvalue weighted by molar-refractivity contribution is 6.19. The maximum atomic E-state index is 12.5. The van der Waals surface area contributed by atoms with E-state index in [-0.39, 0.29) is 30.1 Å². The fourth-order valence-electron chi connectivity index (χ4n) is 3.13. The van der Waals surface area contributed by atoms with Crippen LogP contribution in [0.25, 0.3) is 0 Å². The Morgan fingerprint density at radius 3 is 2.71 bits per heavy atom. The van der Waals surface area contributed by atoms with Gasteiger partial charge in [0.15, 0.2) is 0 Å². The number of rotatable bonds is 3. The summed E-state index contributed by atoms with van der Waals surface area (Å²) in [6, 6.07) is 1.67. The molecule has 0 spiro atoms. The van der Waals surface area contributed by atoms with E-state index >= 15 is 0 Å². The predicted octanol–water partition coefficient (Wildman–Crippen LogP) is 2.49. The first kappa shape index (κ1) is 13.9. The van der Waals surface area contributed by atoms with E-state index in [0.717, 1.165) is 30.6 Å². The van der Waals surface area contributed by atoms with Gasteiger partial charge in [0.1, 0.15) is 0 Å². The van der Waals surface area contributed by atoms with Crippen LogP contribution in [0, 0.1) is 11.8 Å². The summed E-state index contributed by atoms with van der Waals surface area (Å²) in [4.78, 5) is 33.7. The Bertz CT molecular complexity index is 582. The Morgan fingerprint density at radius 1 is 1.29 bits per heavy atom. The molecule has 1 aliphatic heterocycles. The molecule has 2 unspecified atom stereocenters. The molecule has 110 valence electrons. The molecule has 1 saturated heterocycles. The third kappa shape index (κ3) is 2.86. The zero-order valence-electron chi connectivity index (χ0n) is 12.2. The normalized spacial score (nSPS) is 26.1. The molecule has 0 saturated carbocycles. The maximum absolute atomic E-state index is 12.5. The zero-order valence-corrected chi connectivity index (χ0v) is 12.2. The summed E-state index contributed by atoms with van der Waals surface area (Å²) in [6.45, 7) is 2.15. The van der Waals surface area contributed by atoms with Gasteiger partial charge in [-0.3, -0.25) is 9.59 Å². The van der Waals surface area contributed by atoms with Crippen LogP contribution in [-0.2, 0) is 9.59 Å². The van der Waals surface area contributed by atoms with Crippen molar-refractivity contribution in [3.63, 3.8) is 0 Å². The highest BCUT2D eigenvalue weighted by Gasteiger charge is 2.41. The van der Waals surface area contributed by atoms with Crippen LogP contribution in [0.2, 0.25) is 0 Å². The first-order valence-corrected chi connectivity index (χ1v) is 7.44. The van der Waals surface area contributed by atoms with Gasteiger partial charge in [-0.2, -0.15) is 0 Å². The minimum absolute atomic E-state index is 0.141. The lowest BCUT2D eigenvalue weighted by atomic mass is 9.83. The summed E-state index contributed by atoms with van der Waals surface area (Å²) in [6.07, 6.45) is 9.66. The SMILES string of the molecule is CC1=CCC(CC2CC(=O)N(c3ncccn3)C2=O)CC1. The van der Waals surface area contributed by atoms with E-state index in [1.165, 1.54) is 5.57 Å². The molecule has 1 aromatic heterocycles. The van der Waals surface area contributed by atoms with Crippen LogP contribution in [-0.4, -0.2) is 21.8 Å². The van der Waals surface area contributed by atoms with E-state index in [4.69, 9.17) is 0 Å². The van der Waals surface area contributed by atoms with Crippen LogP contribution < -0.4 is 4.90 Å². The standard InChI is InChI=1S/C16H19N3O2/c1-11-3-5-12(6-4-11)9-13-10-14(20)19(15(13)21)16-17-7-2-8-18-16/h2-3,7-8,12-13H,4-6,9-10H2,1H3. The van der Waals surface area contributed by atoms with Crippen molar-refractivity contribution in [2.24, 2.45) is 11.8 Å². The van der Waals surface area contributed by atoms with Gasteiger partial charge in [0.05, 0.1) is 0 Å². The molecule has 5 nitrogen and oxygen atoms in total. The van der Waals surface area contributed by atoms with Gasteiger partial charge in [0.2, 0.25) is 17.8 Å². The molecule has 2 amide bonds. The van der Waals surface area contributed by atoms with Crippen molar-refractivity contribution in [3.8, 4) is 0 Å². The summed E-state index contributed by atoms with van der Waals surface area (Å²) < 4.78 is 0. The van der Waals surface area contributed by atoms with Gasteiger partial charge in [-0.1, -0.05) is 11.6 Å². The van der Waals surface area contributed by atoms with Gasteiger partial charge in [-0.15, -0.1) is 0 Å². The topological polar surface area (TPSA) is 63.2 Å². The van der Waals surface area contributed by atoms with Crippen LogP contribution in [0.3, 0.4) is 0 Å². The number of carbonyl (C=O) groups excluding carboxylic acids is 2. The molecule has 21 heavy (non-hydrogen) atoms. The molecular formula is C16H19N3O2. The van der Waals surface area contributed by atoms with Gasteiger partial charge < -0.3 is 0 Å². The molecule has 0 N–H and O–H groups in total. The fraction of sp³-hybridized carbons (Fsp3) is 0.500. The number of imide groups is 1. The van der Waals surface area contributed by atoms with Crippen LogP contribution in [0.5, 0.6) is 0 Å². The molecule has 2 aliphatic rings. The van der Waals surface area contributed by atoms with Gasteiger partial charge >= 0.3 is 0 Å². The number of hydrogen-bond donors (Lipinski definition) is 0. The Hall–Kier alpha value is -2.04. The fourth-order valence-corrected chi connectivity index (χ4v) is 3.13. The molecule has 1 aromatic rings. The molecule has 1 aliphatic carbocycles. The summed E-state index contributed by atoms with van der Waals surface area (Å²) in [5.74, 6) is 0.177. The number of aromatic nitrogens is 2. The quantitative estimate of drug-likeness (QED) is 0.632. The van der Waals surface area contributed by atoms with Gasteiger partial charge in [0, 0.05) is 24.7 Å². The average Bonchev–Trinajstić information content (AvgIpc) is 2.77. The first-order valence-electron chi connectivity index (χ1n) is 7.44. The van der Waals surface area contributed by atoms with Crippen LogP contribution in [0.1, 0.15) is 39.0 Å². The number of nitrogens with zero attached hydrogens (tertiary/aromatic N) is 3. The zero-order chi connectivity index (χ0) is 14.8. The molecule has 0 bridgehead atoms. The second-order valence-electron chi connectivity index (χ2n) is 5.94. The van der Waals surface area contributed by atoms with Crippen molar-refractivity contribution in [1.82, 2.24) is 9.97 Å². The van der Waals surface area contributed by atoms with Crippen molar-refractivity contribution < 1.29 is 9.59 Å². The van der Waals surface area contributed by atoms with Gasteiger partial charge in [-0.05, 0) is 44.6 Å².